The average molecular weight is 426 g/mol. The molecule has 1 saturated carbocycles. The van der Waals surface area contributed by atoms with Gasteiger partial charge in [-0.2, -0.15) is 0 Å². The molecule has 2 bridgehead atoms. The molecule has 0 amide bonds. The lowest BCUT2D eigenvalue weighted by molar-refractivity contribution is -0.0785. The van der Waals surface area contributed by atoms with E-state index in [2.05, 4.69) is 47.8 Å². The van der Waals surface area contributed by atoms with Gasteiger partial charge in [0.2, 0.25) is 0 Å². The molecule has 2 aromatic rings. The SMILES string of the molecule is CCOCC1(CCc2ccc(F)cn2)[C@@H]2CC[C@H]1CN(C(C)(C)c1ccc(C)nc1)C2. The second-order valence-corrected chi connectivity index (χ2v) is 9.96. The van der Waals surface area contributed by atoms with Gasteiger partial charge in [0.15, 0.2) is 0 Å². The fourth-order valence-electron chi connectivity index (χ4n) is 5.86. The Morgan fingerprint density at radius 1 is 1.10 bits per heavy atom. The van der Waals surface area contributed by atoms with Crippen LogP contribution in [0.25, 0.3) is 0 Å². The monoisotopic (exact) mass is 425 g/mol. The normalized spacial score (nSPS) is 26.4. The number of aryl methyl sites for hydroxylation is 2. The number of likely N-dealkylation sites (tertiary alicyclic amines) is 1. The summed E-state index contributed by atoms with van der Waals surface area (Å²) in [6.07, 6.45) is 7.83. The maximum Gasteiger partial charge on any atom is 0.141 e. The van der Waals surface area contributed by atoms with Gasteiger partial charge in [-0.05, 0) is 89.0 Å². The number of ether oxygens (including phenoxy) is 1. The molecule has 4 nitrogen and oxygen atoms in total. The van der Waals surface area contributed by atoms with E-state index in [0.29, 0.717) is 11.8 Å². The standard InChI is InChI=1S/C26H36FN3O/c1-5-31-18-26(13-12-24-11-10-23(27)15-29-24)21-8-9-22(26)17-30(16-21)25(3,4)20-7-6-19(2)28-14-20/h6-7,10-11,14-15,21-22H,5,8-9,12-13,16-18H2,1-4H3/t21-,22+,26?. The Balaban J connectivity index is 1.53. The Morgan fingerprint density at radius 2 is 1.84 bits per heavy atom. The Kier molecular flexibility index (Phi) is 6.45. The van der Waals surface area contributed by atoms with Crippen molar-refractivity contribution in [2.24, 2.45) is 17.3 Å². The van der Waals surface area contributed by atoms with Crippen molar-refractivity contribution in [2.75, 3.05) is 26.3 Å². The number of halogens is 1. The smallest absolute Gasteiger partial charge is 0.141 e. The largest absolute Gasteiger partial charge is 0.381 e. The molecule has 5 heteroatoms. The van der Waals surface area contributed by atoms with E-state index in [0.717, 1.165) is 50.5 Å². The Morgan fingerprint density at radius 3 is 2.42 bits per heavy atom. The zero-order chi connectivity index (χ0) is 22.1. The Bertz CT molecular complexity index is 851. The Labute approximate surface area is 186 Å². The number of fused-ring (bicyclic) bond motifs is 2. The number of nitrogens with zero attached hydrogens (tertiary/aromatic N) is 3. The number of hydrogen-bond acceptors (Lipinski definition) is 4. The maximum absolute atomic E-state index is 13.3. The molecule has 1 saturated heterocycles. The van der Waals surface area contributed by atoms with Crippen LogP contribution in [0.2, 0.25) is 0 Å². The van der Waals surface area contributed by atoms with Crippen LogP contribution in [-0.4, -0.2) is 41.2 Å². The van der Waals surface area contributed by atoms with Gasteiger partial charge < -0.3 is 4.74 Å². The molecule has 1 aliphatic carbocycles. The van der Waals surface area contributed by atoms with Gasteiger partial charge in [0.1, 0.15) is 5.82 Å². The molecule has 0 aromatic carbocycles. The molecule has 2 fully saturated rings. The van der Waals surface area contributed by atoms with Crippen LogP contribution in [0.1, 0.15) is 57.0 Å². The molecule has 1 aliphatic heterocycles. The third-order valence-corrected chi connectivity index (χ3v) is 7.99. The van der Waals surface area contributed by atoms with Crippen molar-refractivity contribution < 1.29 is 9.13 Å². The van der Waals surface area contributed by atoms with E-state index in [-0.39, 0.29) is 16.8 Å². The molecule has 1 unspecified atom stereocenters. The summed E-state index contributed by atoms with van der Waals surface area (Å²) < 4.78 is 19.4. The number of aromatic nitrogens is 2. The first-order valence-corrected chi connectivity index (χ1v) is 11.7. The topological polar surface area (TPSA) is 38.2 Å². The average Bonchev–Trinajstić information content (AvgIpc) is 2.93. The quantitative estimate of drug-likeness (QED) is 0.586. The lowest BCUT2D eigenvalue weighted by Gasteiger charge is -2.52. The van der Waals surface area contributed by atoms with Gasteiger partial charge in [0.05, 0.1) is 12.8 Å². The molecular formula is C26H36FN3O. The first-order valence-electron chi connectivity index (χ1n) is 11.7. The fourth-order valence-corrected chi connectivity index (χ4v) is 5.86. The molecule has 168 valence electrons. The van der Waals surface area contributed by atoms with Crippen LogP contribution in [0, 0.1) is 30.0 Å². The van der Waals surface area contributed by atoms with Crippen molar-refractivity contribution in [3.05, 3.63) is 59.4 Å². The molecule has 4 rings (SSSR count). The van der Waals surface area contributed by atoms with Gasteiger partial charge in [0.25, 0.3) is 0 Å². The summed E-state index contributed by atoms with van der Waals surface area (Å²) in [5.74, 6) is 0.945. The van der Waals surface area contributed by atoms with E-state index >= 15 is 0 Å². The minimum atomic E-state index is -0.269. The van der Waals surface area contributed by atoms with E-state index in [4.69, 9.17) is 4.74 Å². The highest BCUT2D eigenvalue weighted by Crippen LogP contribution is 2.55. The van der Waals surface area contributed by atoms with Crippen LogP contribution in [0.15, 0.2) is 36.7 Å². The number of rotatable bonds is 8. The molecular weight excluding hydrogens is 389 g/mol. The fraction of sp³-hybridized carbons (Fsp3) is 0.615. The van der Waals surface area contributed by atoms with E-state index in [1.54, 1.807) is 0 Å². The molecule has 2 aromatic heterocycles. The van der Waals surface area contributed by atoms with Crippen LogP contribution in [-0.2, 0) is 16.7 Å². The lowest BCUT2D eigenvalue weighted by Crippen LogP contribution is -2.56. The summed E-state index contributed by atoms with van der Waals surface area (Å²) in [5, 5.41) is 0. The Hall–Kier alpha value is -1.85. The highest BCUT2D eigenvalue weighted by atomic mass is 19.1. The minimum absolute atomic E-state index is 0.0438. The summed E-state index contributed by atoms with van der Waals surface area (Å²) in [6.45, 7) is 12.5. The molecule has 0 spiro atoms. The molecule has 3 atom stereocenters. The van der Waals surface area contributed by atoms with Crippen molar-refractivity contribution in [3.8, 4) is 0 Å². The van der Waals surface area contributed by atoms with Gasteiger partial charge in [0, 0.05) is 48.2 Å². The lowest BCUT2D eigenvalue weighted by atomic mass is 9.66. The third kappa shape index (κ3) is 4.40. The molecule has 2 aliphatic rings. The van der Waals surface area contributed by atoms with Crippen LogP contribution >= 0.6 is 0 Å². The van der Waals surface area contributed by atoms with E-state index in [9.17, 15) is 4.39 Å². The minimum Gasteiger partial charge on any atom is -0.381 e. The van der Waals surface area contributed by atoms with Crippen molar-refractivity contribution >= 4 is 0 Å². The van der Waals surface area contributed by atoms with Crippen molar-refractivity contribution in [2.45, 2.75) is 58.9 Å². The molecule has 0 N–H and O–H groups in total. The first kappa shape index (κ1) is 22.3. The predicted molar refractivity (Wildman–Crippen MR) is 121 cm³/mol. The van der Waals surface area contributed by atoms with Crippen LogP contribution in [0.4, 0.5) is 4.39 Å². The van der Waals surface area contributed by atoms with Gasteiger partial charge in [-0.25, -0.2) is 4.39 Å². The highest BCUT2D eigenvalue weighted by molar-refractivity contribution is 5.22. The number of pyridine rings is 2. The van der Waals surface area contributed by atoms with Crippen molar-refractivity contribution in [1.29, 1.82) is 0 Å². The second-order valence-electron chi connectivity index (χ2n) is 9.96. The van der Waals surface area contributed by atoms with Crippen LogP contribution in [0.5, 0.6) is 0 Å². The summed E-state index contributed by atoms with van der Waals surface area (Å²) in [6, 6.07) is 7.69. The van der Waals surface area contributed by atoms with Gasteiger partial charge in [-0.15, -0.1) is 0 Å². The molecule has 3 heterocycles. The van der Waals surface area contributed by atoms with Gasteiger partial charge in [-0.1, -0.05) is 6.07 Å². The zero-order valence-electron chi connectivity index (χ0n) is 19.4. The van der Waals surface area contributed by atoms with Gasteiger partial charge >= 0.3 is 0 Å². The van der Waals surface area contributed by atoms with Crippen molar-refractivity contribution in [3.63, 3.8) is 0 Å². The van der Waals surface area contributed by atoms with E-state index in [1.165, 1.54) is 30.7 Å². The zero-order valence-corrected chi connectivity index (χ0v) is 19.4. The second kappa shape index (κ2) is 8.95. The predicted octanol–water partition coefficient (Wildman–Crippen LogP) is 5.16. The summed E-state index contributed by atoms with van der Waals surface area (Å²) in [7, 11) is 0. The van der Waals surface area contributed by atoms with E-state index in [1.807, 2.05) is 19.2 Å². The van der Waals surface area contributed by atoms with Crippen LogP contribution < -0.4 is 0 Å². The van der Waals surface area contributed by atoms with Gasteiger partial charge in [-0.3, -0.25) is 14.9 Å². The van der Waals surface area contributed by atoms with E-state index < -0.39 is 0 Å². The summed E-state index contributed by atoms with van der Waals surface area (Å²) >= 11 is 0. The van der Waals surface area contributed by atoms with Crippen LogP contribution in [0.3, 0.4) is 0 Å². The maximum atomic E-state index is 13.3. The molecule has 31 heavy (non-hydrogen) atoms. The first-order chi connectivity index (χ1) is 14.8. The number of piperidine rings is 1. The van der Waals surface area contributed by atoms with Crippen molar-refractivity contribution in [1.82, 2.24) is 14.9 Å². The molecule has 0 radical (unpaired) electrons. The summed E-state index contributed by atoms with van der Waals surface area (Å²) in [5.41, 5.74) is 3.46. The number of hydrogen-bond donors (Lipinski definition) is 0. The summed E-state index contributed by atoms with van der Waals surface area (Å²) in [4.78, 5) is 11.5. The highest BCUT2D eigenvalue weighted by Gasteiger charge is 2.55. The third-order valence-electron chi connectivity index (χ3n) is 7.99.